The number of carbonyl (C=O) groups is 2. The molecule has 1 amide bonds. The Morgan fingerprint density at radius 1 is 1.12 bits per heavy atom. The molecule has 0 saturated heterocycles. The Labute approximate surface area is 234 Å². The second kappa shape index (κ2) is 11.0. The third-order valence-electron chi connectivity index (χ3n) is 6.76. The zero-order chi connectivity index (χ0) is 28.6. The molecule has 10 heteroatoms. The van der Waals surface area contributed by atoms with Gasteiger partial charge >= 0.3 is 5.97 Å². The molecule has 0 fully saturated rings. The zero-order valence-electron chi connectivity index (χ0n) is 22.7. The number of anilines is 1. The normalized spacial score (nSPS) is 17.2. The fourth-order valence-electron chi connectivity index (χ4n) is 5.10. The van der Waals surface area contributed by atoms with Gasteiger partial charge in [0.2, 0.25) is 0 Å². The maximum Gasteiger partial charge on any atom is 0.338 e. The molecule has 1 aromatic heterocycles. The summed E-state index contributed by atoms with van der Waals surface area (Å²) in [6, 6.07) is 11.8. The van der Waals surface area contributed by atoms with Crippen LogP contribution in [0.3, 0.4) is 0 Å². The minimum Gasteiger partial charge on any atom is -0.493 e. The maximum atomic E-state index is 14.2. The molecule has 0 spiro atoms. The molecule has 3 heterocycles. The van der Waals surface area contributed by atoms with Crippen LogP contribution in [-0.4, -0.2) is 43.3 Å². The van der Waals surface area contributed by atoms with Crippen molar-refractivity contribution < 1.29 is 23.8 Å². The molecular weight excluding hydrogens is 530 g/mol. The Morgan fingerprint density at radius 2 is 1.90 bits per heavy atom. The Bertz CT molecular complexity index is 1750. The van der Waals surface area contributed by atoms with E-state index in [1.54, 1.807) is 43.0 Å². The van der Waals surface area contributed by atoms with Crippen LogP contribution in [0.4, 0.5) is 5.69 Å². The highest BCUT2D eigenvalue weighted by Crippen LogP contribution is 2.37. The van der Waals surface area contributed by atoms with Crippen molar-refractivity contribution in [2.75, 3.05) is 31.8 Å². The van der Waals surface area contributed by atoms with Gasteiger partial charge in [0.25, 0.3) is 11.5 Å². The SMILES string of the molecule is C=CCN1C(=O)/C(=c2\sc3n(c2=O)C(c2ccc(OCC)c(OC)c2)C(C(=O)OCC)=C(C)N=3)c2ccccc21. The topological polar surface area (TPSA) is 99.4 Å². The Kier molecular flexibility index (Phi) is 7.44. The first-order valence-electron chi connectivity index (χ1n) is 12.9. The molecule has 0 saturated carbocycles. The summed E-state index contributed by atoms with van der Waals surface area (Å²) in [4.78, 5) is 47.7. The van der Waals surface area contributed by atoms with Crippen molar-refractivity contribution in [3.8, 4) is 11.5 Å². The van der Waals surface area contributed by atoms with Gasteiger partial charge in [0.15, 0.2) is 16.3 Å². The van der Waals surface area contributed by atoms with Gasteiger partial charge in [-0.15, -0.1) is 6.58 Å². The van der Waals surface area contributed by atoms with Gasteiger partial charge in [-0.3, -0.25) is 14.2 Å². The molecule has 1 unspecified atom stereocenters. The first-order chi connectivity index (χ1) is 19.4. The molecule has 2 aliphatic heterocycles. The van der Waals surface area contributed by atoms with Gasteiger partial charge < -0.3 is 19.1 Å². The molecular formula is C30H29N3O6S. The molecule has 0 aliphatic carbocycles. The smallest absolute Gasteiger partial charge is 0.338 e. The number of rotatable bonds is 8. The van der Waals surface area contributed by atoms with E-state index in [0.29, 0.717) is 57.5 Å². The van der Waals surface area contributed by atoms with E-state index in [2.05, 4.69) is 11.6 Å². The number of esters is 1. The van der Waals surface area contributed by atoms with Crippen molar-refractivity contribution >= 4 is 34.5 Å². The monoisotopic (exact) mass is 559 g/mol. The van der Waals surface area contributed by atoms with Crippen LogP contribution in [0.25, 0.3) is 5.57 Å². The first-order valence-corrected chi connectivity index (χ1v) is 13.7. The van der Waals surface area contributed by atoms with Crippen LogP contribution >= 0.6 is 11.3 Å². The van der Waals surface area contributed by atoms with Gasteiger partial charge in [0.05, 0.1) is 48.9 Å². The number of aromatic nitrogens is 1. The van der Waals surface area contributed by atoms with Crippen molar-refractivity contribution in [2.45, 2.75) is 26.8 Å². The maximum absolute atomic E-state index is 14.2. The van der Waals surface area contributed by atoms with Crippen molar-refractivity contribution in [3.05, 3.63) is 97.2 Å². The number of hydrogen-bond acceptors (Lipinski definition) is 8. The highest BCUT2D eigenvalue weighted by molar-refractivity contribution is 7.07. The molecule has 0 bridgehead atoms. The van der Waals surface area contributed by atoms with Crippen LogP contribution in [0.2, 0.25) is 0 Å². The second-order valence-corrected chi connectivity index (χ2v) is 10.0. The highest BCUT2D eigenvalue weighted by atomic mass is 32.1. The predicted molar refractivity (Wildman–Crippen MR) is 152 cm³/mol. The van der Waals surface area contributed by atoms with Crippen LogP contribution in [0.15, 0.2) is 76.2 Å². The van der Waals surface area contributed by atoms with Gasteiger partial charge in [-0.1, -0.05) is 41.7 Å². The number of amides is 1. The largest absolute Gasteiger partial charge is 0.493 e. The lowest BCUT2D eigenvalue weighted by atomic mass is 9.95. The minimum atomic E-state index is -0.856. The van der Waals surface area contributed by atoms with Crippen molar-refractivity contribution in [1.82, 2.24) is 4.57 Å². The predicted octanol–water partition coefficient (Wildman–Crippen LogP) is 3.11. The molecule has 5 rings (SSSR count). The summed E-state index contributed by atoms with van der Waals surface area (Å²) in [5.74, 6) is 0.144. The summed E-state index contributed by atoms with van der Waals surface area (Å²) in [6.45, 7) is 9.99. The Balaban J connectivity index is 1.80. The Morgan fingerprint density at radius 3 is 2.60 bits per heavy atom. The first kappa shape index (κ1) is 27.1. The van der Waals surface area contributed by atoms with E-state index in [1.165, 1.54) is 11.7 Å². The lowest BCUT2D eigenvalue weighted by Crippen LogP contribution is -2.41. The number of allylic oxidation sites excluding steroid dienone is 1. The average molecular weight is 560 g/mol. The number of carbonyl (C=O) groups excluding carboxylic acids is 2. The number of nitrogens with zero attached hydrogens (tertiary/aromatic N) is 3. The van der Waals surface area contributed by atoms with Gasteiger partial charge in [0.1, 0.15) is 4.53 Å². The zero-order valence-corrected chi connectivity index (χ0v) is 23.5. The third-order valence-corrected chi connectivity index (χ3v) is 7.81. The number of benzene rings is 2. The molecule has 1 atom stereocenters. The molecule has 40 heavy (non-hydrogen) atoms. The molecule has 3 aromatic rings. The standard InChI is InChI=1S/C30H29N3O6S/c1-6-15-32-20-12-10-9-11-19(20)24(27(32)34)26-28(35)33-25(18-13-14-21(38-7-2)22(16-18)37-5)23(29(36)39-8-3)17(4)31-30(33)40-26/h6,9-14,16,25H,1,7-8,15H2,2-5H3/b26-24-. The number of thiazole rings is 1. The van der Waals surface area contributed by atoms with Gasteiger partial charge in [0, 0.05) is 12.1 Å². The number of methoxy groups -OCH3 is 1. The van der Waals surface area contributed by atoms with Crippen molar-refractivity contribution in [2.24, 2.45) is 4.99 Å². The Hall–Kier alpha value is -4.44. The number of ether oxygens (including phenoxy) is 3. The van der Waals surface area contributed by atoms with Crippen molar-refractivity contribution in [1.29, 1.82) is 0 Å². The molecule has 206 valence electrons. The molecule has 2 aromatic carbocycles. The van der Waals surface area contributed by atoms with Crippen LogP contribution < -0.4 is 29.3 Å². The van der Waals surface area contributed by atoms with Crippen LogP contribution in [0, 0.1) is 0 Å². The molecule has 9 nitrogen and oxygen atoms in total. The minimum absolute atomic E-state index is 0.161. The average Bonchev–Trinajstić information content (AvgIpc) is 3.41. The van der Waals surface area contributed by atoms with Crippen LogP contribution in [0.5, 0.6) is 11.5 Å². The second-order valence-electron chi connectivity index (χ2n) is 9.06. The van der Waals surface area contributed by atoms with E-state index in [4.69, 9.17) is 14.2 Å². The summed E-state index contributed by atoms with van der Waals surface area (Å²) >= 11 is 1.13. The molecule has 0 radical (unpaired) electrons. The fourth-order valence-corrected chi connectivity index (χ4v) is 6.23. The van der Waals surface area contributed by atoms with E-state index < -0.39 is 17.6 Å². The number of fused-ring (bicyclic) bond motifs is 2. The van der Waals surface area contributed by atoms with Gasteiger partial charge in [-0.05, 0) is 44.5 Å². The van der Waals surface area contributed by atoms with Crippen molar-refractivity contribution in [3.63, 3.8) is 0 Å². The quantitative estimate of drug-likeness (QED) is 0.311. The fraction of sp³-hybridized carbons (Fsp3) is 0.267. The van der Waals surface area contributed by atoms with E-state index in [9.17, 15) is 14.4 Å². The summed E-state index contributed by atoms with van der Waals surface area (Å²) < 4.78 is 18.3. The van der Waals surface area contributed by atoms with Crippen LogP contribution in [-0.2, 0) is 14.3 Å². The summed E-state index contributed by atoms with van der Waals surface area (Å²) in [5, 5.41) is 0. The van der Waals surface area contributed by atoms with E-state index in [-0.39, 0.29) is 22.6 Å². The number of hydrogen-bond donors (Lipinski definition) is 0. The highest BCUT2D eigenvalue weighted by Gasteiger charge is 2.37. The summed E-state index contributed by atoms with van der Waals surface area (Å²) in [6.07, 6.45) is 1.65. The number of para-hydroxylation sites is 1. The van der Waals surface area contributed by atoms with Gasteiger partial charge in [-0.25, -0.2) is 9.79 Å². The lowest BCUT2D eigenvalue weighted by Gasteiger charge is -2.25. The molecule has 2 aliphatic rings. The van der Waals surface area contributed by atoms with Crippen LogP contribution in [0.1, 0.15) is 37.9 Å². The third kappa shape index (κ3) is 4.34. The van der Waals surface area contributed by atoms with E-state index in [0.717, 1.165) is 11.3 Å². The van der Waals surface area contributed by atoms with E-state index >= 15 is 0 Å². The summed E-state index contributed by atoms with van der Waals surface area (Å²) in [5.41, 5.74) is 2.55. The lowest BCUT2D eigenvalue weighted by molar-refractivity contribution is -0.139. The summed E-state index contributed by atoms with van der Waals surface area (Å²) in [7, 11) is 1.53. The van der Waals surface area contributed by atoms with E-state index in [1.807, 2.05) is 31.2 Å². The van der Waals surface area contributed by atoms with Gasteiger partial charge in [-0.2, -0.15) is 0 Å². The molecule has 0 N–H and O–H groups in total.